The second-order valence-electron chi connectivity index (χ2n) is 8.25. The summed E-state index contributed by atoms with van der Waals surface area (Å²) < 4.78 is 7.87. The summed E-state index contributed by atoms with van der Waals surface area (Å²) in [7, 11) is 1.90. The van der Waals surface area contributed by atoms with Gasteiger partial charge in [-0.05, 0) is 60.4 Å². The first-order valence-electron chi connectivity index (χ1n) is 11.2. The maximum Gasteiger partial charge on any atom is 0.234 e. The first kappa shape index (κ1) is 21.5. The van der Waals surface area contributed by atoms with Gasteiger partial charge in [0, 0.05) is 18.1 Å². The van der Waals surface area contributed by atoms with E-state index in [1.807, 2.05) is 60.1 Å². The molecule has 0 atom stereocenters. The Morgan fingerprint density at radius 3 is 2.76 bits per heavy atom. The average molecular weight is 459 g/mol. The fourth-order valence-corrected chi connectivity index (χ4v) is 4.92. The maximum atomic E-state index is 12.6. The van der Waals surface area contributed by atoms with Crippen molar-refractivity contribution in [2.45, 2.75) is 37.4 Å². The van der Waals surface area contributed by atoms with Gasteiger partial charge in [0.2, 0.25) is 5.91 Å². The number of aryl methyl sites for hydroxylation is 2. The second-order valence-corrected chi connectivity index (χ2v) is 9.19. The number of fused-ring (bicyclic) bond motifs is 2. The summed E-state index contributed by atoms with van der Waals surface area (Å²) in [5, 5.41) is 14.3. The summed E-state index contributed by atoms with van der Waals surface area (Å²) in [6, 6.07) is 20.3. The third-order valence-corrected chi connectivity index (χ3v) is 7.03. The highest BCUT2D eigenvalue weighted by Gasteiger charge is 2.14. The SMILES string of the molecule is Cn1c(COc2ccc3c(c2)CCCC3)nnc1SCC(=O)Nc1cccc2ccccc12. The van der Waals surface area contributed by atoms with Crippen LogP contribution in [0.3, 0.4) is 0 Å². The number of anilines is 1. The zero-order chi connectivity index (χ0) is 22.6. The van der Waals surface area contributed by atoms with E-state index in [2.05, 4.69) is 27.6 Å². The van der Waals surface area contributed by atoms with Crippen LogP contribution in [0.5, 0.6) is 5.75 Å². The van der Waals surface area contributed by atoms with Gasteiger partial charge in [0.05, 0.1) is 5.75 Å². The number of benzene rings is 3. The molecule has 1 aromatic heterocycles. The second kappa shape index (κ2) is 9.67. The number of carbonyl (C=O) groups is 1. The van der Waals surface area contributed by atoms with E-state index in [1.165, 1.54) is 35.7 Å². The van der Waals surface area contributed by atoms with Crippen LogP contribution < -0.4 is 10.1 Å². The molecule has 33 heavy (non-hydrogen) atoms. The lowest BCUT2D eigenvalue weighted by atomic mass is 9.92. The number of carbonyl (C=O) groups excluding carboxylic acids is 1. The van der Waals surface area contributed by atoms with E-state index in [0.29, 0.717) is 11.8 Å². The van der Waals surface area contributed by atoms with Gasteiger partial charge in [0.25, 0.3) is 0 Å². The van der Waals surface area contributed by atoms with Crippen molar-refractivity contribution in [3.05, 3.63) is 77.6 Å². The molecular weight excluding hydrogens is 432 g/mol. The summed E-state index contributed by atoms with van der Waals surface area (Å²) in [4.78, 5) is 12.6. The summed E-state index contributed by atoms with van der Waals surface area (Å²) >= 11 is 1.36. The van der Waals surface area contributed by atoms with E-state index in [1.54, 1.807) is 0 Å². The molecule has 6 nitrogen and oxygen atoms in total. The first-order chi connectivity index (χ1) is 16.2. The number of aromatic nitrogens is 3. The van der Waals surface area contributed by atoms with E-state index in [4.69, 9.17) is 4.74 Å². The van der Waals surface area contributed by atoms with Gasteiger partial charge in [-0.1, -0.05) is 54.2 Å². The minimum absolute atomic E-state index is 0.0776. The molecule has 5 rings (SSSR count). The zero-order valence-corrected chi connectivity index (χ0v) is 19.4. The number of amides is 1. The molecule has 0 radical (unpaired) electrons. The highest BCUT2D eigenvalue weighted by Crippen LogP contribution is 2.26. The van der Waals surface area contributed by atoms with Crippen LogP contribution in [0.1, 0.15) is 29.8 Å². The molecule has 0 unspecified atom stereocenters. The van der Waals surface area contributed by atoms with Crippen LogP contribution in [0, 0.1) is 0 Å². The van der Waals surface area contributed by atoms with Crippen molar-refractivity contribution in [1.82, 2.24) is 14.8 Å². The van der Waals surface area contributed by atoms with Gasteiger partial charge in [0.1, 0.15) is 12.4 Å². The lowest BCUT2D eigenvalue weighted by Crippen LogP contribution is -2.14. The molecule has 0 aliphatic heterocycles. The van der Waals surface area contributed by atoms with Crippen molar-refractivity contribution in [2.75, 3.05) is 11.1 Å². The molecule has 1 aliphatic carbocycles. The van der Waals surface area contributed by atoms with Crippen LogP contribution in [0.25, 0.3) is 10.8 Å². The third kappa shape index (κ3) is 4.88. The summed E-state index contributed by atoms with van der Waals surface area (Å²) in [5.41, 5.74) is 3.65. The van der Waals surface area contributed by atoms with Gasteiger partial charge in [-0.15, -0.1) is 10.2 Å². The molecule has 0 spiro atoms. The topological polar surface area (TPSA) is 69.0 Å². The van der Waals surface area contributed by atoms with E-state index in [-0.39, 0.29) is 11.7 Å². The van der Waals surface area contributed by atoms with Gasteiger partial charge >= 0.3 is 0 Å². The zero-order valence-electron chi connectivity index (χ0n) is 18.6. The molecule has 168 valence electrons. The molecule has 1 amide bonds. The standard InChI is InChI=1S/C26H26N4O2S/c1-30-24(16-32-21-14-13-18-7-2-3-9-20(18)15-21)28-29-26(30)33-17-25(31)27-23-12-6-10-19-8-4-5-11-22(19)23/h4-6,8,10-15H,2-3,7,9,16-17H2,1H3,(H,27,31). The number of rotatable bonds is 7. The van der Waals surface area contributed by atoms with Crippen LogP contribution in [0.4, 0.5) is 5.69 Å². The van der Waals surface area contributed by atoms with E-state index < -0.39 is 0 Å². The van der Waals surface area contributed by atoms with Crippen molar-refractivity contribution in [3.63, 3.8) is 0 Å². The smallest absolute Gasteiger partial charge is 0.234 e. The monoisotopic (exact) mass is 458 g/mol. The van der Waals surface area contributed by atoms with Gasteiger partial charge in [-0.3, -0.25) is 4.79 Å². The van der Waals surface area contributed by atoms with Crippen molar-refractivity contribution >= 4 is 34.1 Å². The average Bonchev–Trinajstić information content (AvgIpc) is 3.20. The Hall–Kier alpha value is -3.32. The molecule has 3 aromatic carbocycles. The van der Waals surface area contributed by atoms with Crippen LogP contribution in [0.15, 0.2) is 65.8 Å². The quantitative estimate of drug-likeness (QED) is 0.388. The lowest BCUT2D eigenvalue weighted by molar-refractivity contribution is -0.113. The molecule has 4 aromatic rings. The molecule has 0 bridgehead atoms. The molecular formula is C26H26N4O2S. The Bertz CT molecular complexity index is 1300. The van der Waals surface area contributed by atoms with Crippen LogP contribution >= 0.6 is 11.8 Å². The minimum atomic E-state index is -0.0776. The van der Waals surface area contributed by atoms with Gasteiger partial charge in [-0.25, -0.2) is 0 Å². The number of nitrogens with one attached hydrogen (secondary N) is 1. The van der Waals surface area contributed by atoms with Gasteiger partial charge in [0.15, 0.2) is 11.0 Å². The number of hydrogen-bond acceptors (Lipinski definition) is 5. The molecule has 1 N–H and O–H groups in total. The Balaban J connectivity index is 1.18. The van der Waals surface area contributed by atoms with Crippen molar-refractivity contribution < 1.29 is 9.53 Å². The fourth-order valence-electron chi connectivity index (χ4n) is 4.19. The molecule has 0 saturated carbocycles. The van der Waals surface area contributed by atoms with Crippen molar-refractivity contribution in [3.8, 4) is 5.75 Å². The number of thioether (sulfide) groups is 1. The Morgan fingerprint density at radius 1 is 1.03 bits per heavy atom. The fraction of sp³-hybridized carbons (Fsp3) is 0.269. The largest absolute Gasteiger partial charge is 0.486 e. The molecule has 7 heteroatoms. The van der Waals surface area contributed by atoms with Crippen LogP contribution in [0.2, 0.25) is 0 Å². The van der Waals surface area contributed by atoms with E-state index >= 15 is 0 Å². The predicted octanol–water partition coefficient (Wildman–Crippen LogP) is 5.16. The molecule has 0 fully saturated rings. The Kier molecular flexibility index (Phi) is 6.30. The molecule has 1 aliphatic rings. The highest BCUT2D eigenvalue weighted by atomic mass is 32.2. The van der Waals surface area contributed by atoms with Crippen LogP contribution in [-0.4, -0.2) is 26.4 Å². The highest BCUT2D eigenvalue weighted by molar-refractivity contribution is 7.99. The Labute approximate surface area is 197 Å². The normalized spacial score (nSPS) is 13.0. The lowest BCUT2D eigenvalue weighted by Gasteiger charge is -2.16. The first-order valence-corrected chi connectivity index (χ1v) is 12.2. The van der Waals surface area contributed by atoms with Crippen LogP contribution in [-0.2, 0) is 31.3 Å². The van der Waals surface area contributed by atoms with E-state index in [9.17, 15) is 4.79 Å². The molecule has 0 saturated heterocycles. The van der Waals surface area contributed by atoms with Gasteiger partial charge in [-0.2, -0.15) is 0 Å². The Morgan fingerprint density at radius 2 is 1.85 bits per heavy atom. The van der Waals surface area contributed by atoms with E-state index in [0.717, 1.165) is 40.9 Å². The molecule has 1 heterocycles. The summed E-state index contributed by atoms with van der Waals surface area (Å²) in [6.45, 7) is 0.338. The minimum Gasteiger partial charge on any atom is -0.486 e. The number of ether oxygens (including phenoxy) is 1. The number of nitrogens with zero attached hydrogens (tertiary/aromatic N) is 3. The summed E-state index contributed by atoms with van der Waals surface area (Å²) in [6.07, 6.45) is 4.80. The summed E-state index contributed by atoms with van der Waals surface area (Å²) in [5.74, 6) is 1.76. The number of hydrogen-bond donors (Lipinski definition) is 1. The van der Waals surface area contributed by atoms with Gasteiger partial charge < -0.3 is 14.6 Å². The third-order valence-electron chi connectivity index (χ3n) is 6.01. The van der Waals surface area contributed by atoms with Crippen molar-refractivity contribution in [1.29, 1.82) is 0 Å². The maximum absolute atomic E-state index is 12.6. The van der Waals surface area contributed by atoms with Crippen molar-refractivity contribution in [2.24, 2.45) is 7.05 Å². The predicted molar refractivity (Wildman–Crippen MR) is 132 cm³/mol.